The van der Waals surface area contributed by atoms with Crippen molar-refractivity contribution >= 4 is 27.6 Å². The Kier molecular flexibility index (Phi) is 6.52. The van der Waals surface area contributed by atoms with Gasteiger partial charge in [0, 0.05) is 18.8 Å². The zero-order chi connectivity index (χ0) is 22.6. The highest BCUT2D eigenvalue weighted by Gasteiger charge is 2.25. The second-order valence-electron chi connectivity index (χ2n) is 7.60. The molecule has 2 aromatic carbocycles. The molecular formula is C22H26N6O3S. The molecule has 9 nitrogen and oxygen atoms in total. The molecule has 0 spiro atoms. The van der Waals surface area contributed by atoms with Gasteiger partial charge in [0.2, 0.25) is 21.9 Å². The Morgan fingerprint density at radius 3 is 2.44 bits per heavy atom. The quantitative estimate of drug-likeness (QED) is 0.558. The zero-order valence-electron chi connectivity index (χ0n) is 17.9. The van der Waals surface area contributed by atoms with Crippen molar-refractivity contribution in [3.63, 3.8) is 0 Å². The maximum atomic E-state index is 12.8. The maximum absolute atomic E-state index is 12.8. The molecule has 3 N–H and O–H groups in total. The normalized spacial score (nSPS) is 14.8. The molecular weight excluding hydrogens is 428 g/mol. The molecule has 1 aliphatic rings. The monoisotopic (exact) mass is 454 g/mol. The van der Waals surface area contributed by atoms with Gasteiger partial charge in [0.15, 0.2) is 5.82 Å². The molecule has 10 heteroatoms. The van der Waals surface area contributed by atoms with Crippen LogP contribution in [0.3, 0.4) is 0 Å². The Morgan fingerprint density at radius 1 is 1.00 bits per heavy atom. The SMILES string of the molecule is Cc1ccccc1Nc1nc(N)nc(COc2ccc(S(=O)(=O)N3CCCCC3)cc2)n1. The third kappa shape index (κ3) is 5.14. The van der Waals surface area contributed by atoms with Crippen LogP contribution in [-0.2, 0) is 16.6 Å². The molecule has 0 atom stereocenters. The van der Waals surface area contributed by atoms with Crippen LogP contribution in [-0.4, -0.2) is 40.8 Å². The second-order valence-corrected chi connectivity index (χ2v) is 9.54. The Labute approximate surface area is 187 Å². The van der Waals surface area contributed by atoms with Crippen LogP contribution in [0.5, 0.6) is 5.75 Å². The van der Waals surface area contributed by atoms with E-state index in [0.717, 1.165) is 30.5 Å². The number of aryl methyl sites for hydroxylation is 1. The van der Waals surface area contributed by atoms with E-state index in [1.54, 1.807) is 28.6 Å². The number of sulfonamides is 1. The maximum Gasteiger partial charge on any atom is 0.243 e. The van der Waals surface area contributed by atoms with Gasteiger partial charge in [0.25, 0.3) is 0 Å². The highest BCUT2D eigenvalue weighted by molar-refractivity contribution is 7.89. The van der Waals surface area contributed by atoms with Crippen LogP contribution in [0.1, 0.15) is 30.7 Å². The molecule has 0 radical (unpaired) electrons. The molecule has 0 amide bonds. The number of para-hydroxylation sites is 1. The van der Waals surface area contributed by atoms with Gasteiger partial charge in [-0.1, -0.05) is 24.6 Å². The predicted octanol–water partition coefficient (Wildman–Crippen LogP) is 3.26. The van der Waals surface area contributed by atoms with Gasteiger partial charge in [-0.2, -0.15) is 19.3 Å². The number of hydrogen-bond acceptors (Lipinski definition) is 8. The Hall–Kier alpha value is -3.24. The van der Waals surface area contributed by atoms with Gasteiger partial charge < -0.3 is 15.8 Å². The molecule has 2 heterocycles. The van der Waals surface area contributed by atoms with Crippen LogP contribution in [0.15, 0.2) is 53.4 Å². The number of aromatic nitrogens is 3. The first-order valence-electron chi connectivity index (χ1n) is 10.5. The van der Waals surface area contributed by atoms with Crippen molar-refractivity contribution < 1.29 is 13.2 Å². The van der Waals surface area contributed by atoms with Gasteiger partial charge in [-0.3, -0.25) is 0 Å². The minimum atomic E-state index is -3.47. The van der Waals surface area contributed by atoms with Crippen LogP contribution in [0, 0.1) is 6.92 Å². The molecule has 0 bridgehead atoms. The lowest BCUT2D eigenvalue weighted by atomic mass is 10.2. The molecule has 1 saturated heterocycles. The van der Waals surface area contributed by atoms with Gasteiger partial charge in [-0.05, 0) is 55.7 Å². The average molecular weight is 455 g/mol. The van der Waals surface area contributed by atoms with Gasteiger partial charge >= 0.3 is 0 Å². The summed E-state index contributed by atoms with van der Waals surface area (Å²) in [6.07, 6.45) is 2.87. The number of nitrogens with zero attached hydrogens (tertiary/aromatic N) is 4. The minimum Gasteiger partial charge on any atom is -0.486 e. The van der Waals surface area contributed by atoms with Crippen molar-refractivity contribution in [1.29, 1.82) is 0 Å². The van der Waals surface area contributed by atoms with Gasteiger partial charge in [-0.15, -0.1) is 0 Å². The van der Waals surface area contributed by atoms with E-state index in [9.17, 15) is 8.42 Å². The summed E-state index contributed by atoms with van der Waals surface area (Å²) in [6.45, 7) is 3.18. The molecule has 0 saturated carbocycles. The molecule has 32 heavy (non-hydrogen) atoms. The lowest BCUT2D eigenvalue weighted by molar-refractivity contribution is 0.295. The van der Waals surface area contributed by atoms with E-state index in [4.69, 9.17) is 10.5 Å². The summed E-state index contributed by atoms with van der Waals surface area (Å²) >= 11 is 0. The van der Waals surface area contributed by atoms with Crippen molar-refractivity contribution in [2.24, 2.45) is 0 Å². The van der Waals surface area contributed by atoms with E-state index in [2.05, 4.69) is 20.3 Å². The van der Waals surface area contributed by atoms with Gasteiger partial charge in [0.05, 0.1) is 4.90 Å². The van der Waals surface area contributed by atoms with Crippen LogP contribution in [0.4, 0.5) is 17.6 Å². The predicted molar refractivity (Wildman–Crippen MR) is 122 cm³/mol. The first-order chi connectivity index (χ1) is 15.4. The summed E-state index contributed by atoms with van der Waals surface area (Å²) in [5, 5.41) is 3.14. The van der Waals surface area contributed by atoms with Crippen molar-refractivity contribution in [2.45, 2.75) is 37.7 Å². The third-order valence-electron chi connectivity index (χ3n) is 5.24. The number of rotatable bonds is 7. The van der Waals surface area contributed by atoms with Crippen molar-refractivity contribution in [3.05, 3.63) is 59.9 Å². The number of anilines is 3. The van der Waals surface area contributed by atoms with E-state index in [1.807, 2.05) is 31.2 Å². The fourth-order valence-corrected chi connectivity index (χ4v) is 5.02. The van der Waals surface area contributed by atoms with E-state index >= 15 is 0 Å². The fourth-order valence-electron chi connectivity index (χ4n) is 3.50. The Balaban J connectivity index is 1.42. The minimum absolute atomic E-state index is 0.0629. The van der Waals surface area contributed by atoms with Gasteiger partial charge in [0.1, 0.15) is 12.4 Å². The van der Waals surface area contributed by atoms with Crippen LogP contribution in [0.25, 0.3) is 0 Å². The van der Waals surface area contributed by atoms with E-state index in [0.29, 0.717) is 30.6 Å². The summed E-state index contributed by atoms with van der Waals surface area (Å²) < 4.78 is 32.8. The van der Waals surface area contributed by atoms with E-state index < -0.39 is 10.0 Å². The van der Waals surface area contributed by atoms with Gasteiger partial charge in [-0.25, -0.2) is 8.42 Å². The topological polar surface area (TPSA) is 123 Å². The fraction of sp³-hybridized carbons (Fsp3) is 0.318. The number of nitrogens with one attached hydrogen (secondary N) is 1. The third-order valence-corrected chi connectivity index (χ3v) is 7.15. The molecule has 1 fully saturated rings. The van der Waals surface area contributed by atoms with Crippen molar-refractivity contribution in [1.82, 2.24) is 19.3 Å². The standard InChI is InChI=1S/C22H26N6O3S/c1-16-7-3-4-8-19(16)24-22-26-20(25-21(23)27-22)15-31-17-9-11-18(12-10-17)32(29,30)28-13-5-2-6-14-28/h3-4,7-12H,2,5-6,13-15H2,1H3,(H3,23,24,25,26,27). The highest BCUT2D eigenvalue weighted by Crippen LogP contribution is 2.23. The number of benzene rings is 2. The lowest BCUT2D eigenvalue weighted by Crippen LogP contribution is -2.35. The molecule has 0 unspecified atom stereocenters. The lowest BCUT2D eigenvalue weighted by Gasteiger charge is -2.25. The van der Waals surface area contributed by atoms with Crippen LogP contribution in [0.2, 0.25) is 0 Å². The van der Waals surface area contributed by atoms with Crippen LogP contribution < -0.4 is 15.8 Å². The molecule has 168 valence electrons. The summed E-state index contributed by atoms with van der Waals surface area (Å²) in [5.41, 5.74) is 7.75. The van der Waals surface area contributed by atoms with Crippen molar-refractivity contribution in [2.75, 3.05) is 24.1 Å². The summed E-state index contributed by atoms with van der Waals surface area (Å²) in [6, 6.07) is 14.2. The zero-order valence-corrected chi connectivity index (χ0v) is 18.7. The number of ether oxygens (including phenoxy) is 1. The average Bonchev–Trinajstić information content (AvgIpc) is 2.80. The first kappa shape index (κ1) is 22.0. The van der Waals surface area contributed by atoms with Crippen molar-refractivity contribution in [3.8, 4) is 5.75 Å². The number of hydrogen-bond donors (Lipinski definition) is 2. The summed E-state index contributed by atoms with van der Waals surface area (Å²) in [4.78, 5) is 12.9. The molecule has 3 aromatic rings. The van der Waals surface area contributed by atoms with E-state index in [-0.39, 0.29) is 17.5 Å². The Morgan fingerprint density at radius 2 is 1.72 bits per heavy atom. The molecule has 1 aromatic heterocycles. The number of piperidine rings is 1. The first-order valence-corrected chi connectivity index (χ1v) is 11.9. The summed E-state index contributed by atoms with van der Waals surface area (Å²) in [5.74, 6) is 1.28. The van der Waals surface area contributed by atoms with Crippen LogP contribution >= 0.6 is 0 Å². The van der Waals surface area contributed by atoms with E-state index in [1.165, 1.54) is 0 Å². The molecule has 1 aliphatic heterocycles. The number of nitrogen functional groups attached to an aromatic ring is 1. The smallest absolute Gasteiger partial charge is 0.243 e. The Bertz CT molecular complexity index is 1180. The molecule has 0 aliphatic carbocycles. The largest absolute Gasteiger partial charge is 0.486 e. The highest BCUT2D eigenvalue weighted by atomic mass is 32.2. The molecule has 4 rings (SSSR count). The summed E-state index contributed by atoms with van der Waals surface area (Å²) in [7, 11) is -3.47. The number of nitrogens with two attached hydrogens (primary N) is 1. The second kappa shape index (κ2) is 9.49.